The van der Waals surface area contributed by atoms with Crippen LogP contribution in [0.3, 0.4) is 0 Å². The zero-order valence-electron chi connectivity index (χ0n) is 13.7. The Hall–Kier alpha value is -1.74. The molecule has 9 heteroatoms. The first kappa shape index (κ1) is 19.0. The highest BCUT2D eigenvalue weighted by Gasteiger charge is 2.29. The third-order valence-corrected chi connectivity index (χ3v) is 6.64. The molecule has 0 aromatic heterocycles. The van der Waals surface area contributed by atoms with E-state index in [-0.39, 0.29) is 9.92 Å². The Morgan fingerprint density at radius 2 is 1.73 bits per heavy atom. The normalized spacial score (nSPS) is 15.7. The van der Waals surface area contributed by atoms with E-state index >= 15 is 0 Å². The van der Waals surface area contributed by atoms with Crippen LogP contribution in [-0.4, -0.2) is 48.9 Å². The summed E-state index contributed by atoms with van der Waals surface area (Å²) in [4.78, 5) is 2.17. The Kier molecular flexibility index (Phi) is 5.76. The molecule has 138 valence electrons. The lowest BCUT2D eigenvalue weighted by molar-refractivity contribution is 0.268. The minimum absolute atomic E-state index is 0.0107. The Morgan fingerprint density at radius 3 is 2.35 bits per heavy atom. The summed E-state index contributed by atoms with van der Waals surface area (Å²) in [5.74, 6) is -0.497. The maximum Gasteiger partial charge on any atom is 0.243 e. The topological polar surface area (TPSA) is 52.7 Å². The summed E-state index contributed by atoms with van der Waals surface area (Å²) in [6, 6.07) is 12.6. The monoisotopic (exact) mass is 413 g/mol. The van der Waals surface area contributed by atoms with Gasteiger partial charge in [-0.1, -0.05) is 29.8 Å². The quantitative estimate of drug-likeness (QED) is 0.783. The molecular formula is C17H17ClFN3O2S2. The number of nitrogens with zero attached hydrogens (tertiary/aromatic N) is 2. The van der Waals surface area contributed by atoms with E-state index in [0.29, 0.717) is 37.0 Å². The van der Waals surface area contributed by atoms with Gasteiger partial charge in [0.25, 0.3) is 0 Å². The second kappa shape index (κ2) is 7.87. The molecule has 1 heterocycles. The van der Waals surface area contributed by atoms with E-state index in [1.807, 2.05) is 4.90 Å². The van der Waals surface area contributed by atoms with Gasteiger partial charge in [-0.25, -0.2) is 12.8 Å². The summed E-state index contributed by atoms with van der Waals surface area (Å²) in [6.07, 6.45) is 0. The first-order valence-corrected chi connectivity index (χ1v) is 10.2. The second-order valence-electron chi connectivity index (χ2n) is 5.76. The SMILES string of the molecule is O=S(=O)(c1ccccc1)N1CCN(C(=S)Nc2ccc(F)c(Cl)c2)CC1. The van der Waals surface area contributed by atoms with Gasteiger partial charge in [0.15, 0.2) is 5.11 Å². The molecule has 0 aliphatic carbocycles. The van der Waals surface area contributed by atoms with E-state index in [1.54, 1.807) is 36.4 Å². The molecule has 3 rings (SSSR count). The maximum atomic E-state index is 13.2. The number of hydrogen-bond acceptors (Lipinski definition) is 3. The van der Waals surface area contributed by atoms with E-state index in [1.165, 1.54) is 16.4 Å². The van der Waals surface area contributed by atoms with E-state index in [9.17, 15) is 12.8 Å². The van der Waals surface area contributed by atoms with Crippen LogP contribution < -0.4 is 5.32 Å². The van der Waals surface area contributed by atoms with E-state index in [2.05, 4.69) is 5.32 Å². The predicted molar refractivity (Wildman–Crippen MR) is 104 cm³/mol. The van der Waals surface area contributed by atoms with Crippen molar-refractivity contribution < 1.29 is 12.8 Å². The number of benzene rings is 2. The summed E-state index contributed by atoms with van der Waals surface area (Å²) < 4.78 is 39.9. The second-order valence-corrected chi connectivity index (χ2v) is 8.50. The Morgan fingerprint density at radius 1 is 1.08 bits per heavy atom. The Bertz CT molecular complexity index is 901. The highest BCUT2D eigenvalue weighted by atomic mass is 35.5. The summed E-state index contributed by atoms with van der Waals surface area (Å²) in [5.41, 5.74) is 0.584. The molecule has 5 nitrogen and oxygen atoms in total. The standard InChI is InChI=1S/C17H17ClFN3O2S2/c18-15-12-13(6-7-16(15)19)20-17(25)21-8-10-22(11-9-21)26(23,24)14-4-2-1-3-5-14/h1-7,12H,8-11H2,(H,20,25). The van der Waals surface area contributed by atoms with Crippen LogP contribution in [0.25, 0.3) is 0 Å². The van der Waals surface area contributed by atoms with Crippen molar-refractivity contribution in [3.63, 3.8) is 0 Å². The molecule has 1 aliphatic rings. The zero-order chi connectivity index (χ0) is 18.7. The molecule has 1 fully saturated rings. The van der Waals surface area contributed by atoms with Gasteiger partial charge in [-0.15, -0.1) is 0 Å². The first-order valence-electron chi connectivity index (χ1n) is 7.94. The average molecular weight is 414 g/mol. The smallest absolute Gasteiger partial charge is 0.243 e. The maximum absolute atomic E-state index is 13.2. The highest BCUT2D eigenvalue weighted by Crippen LogP contribution is 2.21. The molecule has 1 N–H and O–H groups in total. The van der Waals surface area contributed by atoms with Crippen LogP contribution in [0.2, 0.25) is 5.02 Å². The van der Waals surface area contributed by atoms with Crippen molar-refractivity contribution in [3.05, 3.63) is 59.4 Å². The summed E-state index contributed by atoms with van der Waals surface area (Å²) >= 11 is 11.1. The molecule has 2 aromatic carbocycles. The Balaban J connectivity index is 1.61. The molecule has 2 aromatic rings. The predicted octanol–water partition coefficient (Wildman–Crippen LogP) is 3.18. The molecule has 0 spiro atoms. The molecule has 1 saturated heterocycles. The van der Waals surface area contributed by atoms with Crippen LogP contribution in [0.1, 0.15) is 0 Å². The lowest BCUT2D eigenvalue weighted by Gasteiger charge is -2.35. The van der Waals surface area contributed by atoms with Gasteiger partial charge >= 0.3 is 0 Å². The number of piperazine rings is 1. The van der Waals surface area contributed by atoms with Gasteiger partial charge < -0.3 is 10.2 Å². The van der Waals surface area contributed by atoms with Crippen molar-refractivity contribution >= 4 is 44.6 Å². The molecule has 1 aliphatic heterocycles. The largest absolute Gasteiger partial charge is 0.346 e. The fourth-order valence-electron chi connectivity index (χ4n) is 2.65. The summed E-state index contributed by atoms with van der Waals surface area (Å²) in [5, 5.41) is 3.46. The molecule has 0 radical (unpaired) electrons. The third kappa shape index (κ3) is 4.15. The molecule has 26 heavy (non-hydrogen) atoms. The molecule has 0 amide bonds. The number of sulfonamides is 1. The summed E-state index contributed by atoms with van der Waals surface area (Å²) in [7, 11) is -3.50. The van der Waals surface area contributed by atoms with Crippen molar-refractivity contribution in [2.75, 3.05) is 31.5 Å². The van der Waals surface area contributed by atoms with Crippen molar-refractivity contribution in [1.82, 2.24) is 9.21 Å². The number of anilines is 1. The molecule has 0 bridgehead atoms. The lowest BCUT2D eigenvalue weighted by atomic mass is 10.3. The van der Waals surface area contributed by atoms with E-state index < -0.39 is 15.8 Å². The van der Waals surface area contributed by atoms with Crippen molar-refractivity contribution in [3.8, 4) is 0 Å². The van der Waals surface area contributed by atoms with Gasteiger partial charge in [0.2, 0.25) is 10.0 Å². The van der Waals surface area contributed by atoms with Gasteiger partial charge in [0.1, 0.15) is 5.82 Å². The van der Waals surface area contributed by atoms with Crippen LogP contribution in [0.5, 0.6) is 0 Å². The Labute approximate surface area is 162 Å². The lowest BCUT2D eigenvalue weighted by Crippen LogP contribution is -2.51. The number of thiocarbonyl (C=S) groups is 1. The van der Waals surface area contributed by atoms with Gasteiger partial charge in [-0.2, -0.15) is 4.31 Å². The van der Waals surface area contributed by atoms with Crippen LogP contribution >= 0.6 is 23.8 Å². The van der Waals surface area contributed by atoms with Crippen LogP contribution in [0.4, 0.5) is 10.1 Å². The highest BCUT2D eigenvalue weighted by molar-refractivity contribution is 7.89. The van der Waals surface area contributed by atoms with Gasteiger partial charge in [-0.05, 0) is 42.5 Å². The fraction of sp³-hybridized carbons (Fsp3) is 0.235. The summed E-state index contributed by atoms with van der Waals surface area (Å²) in [6.45, 7) is 1.60. The molecule has 0 atom stereocenters. The number of rotatable bonds is 3. The average Bonchev–Trinajstić information content (AvgIpc) is 2.65. The van der Waals surface area contributed by atoms with Gasteiger partial charge in [0.05, 0.1) is 9.92 Å². The molecular weight excluding hydrogens is 397 g/mol. The van der Waals surface area contributed by atoms with E-state index in [0.717, 1.165) is 0 Å². The first-order chi connectivity index (χ1) is 12.4. The van der Waals surface area contributed by atoms with Crippen molar-refractivity contribution in [1.29, 1.82) is 0 Å². The van der Waals surface area contributed by atoms with Crippen LogP contribution in [-0.2, 0) is 10.0 Å². The van der Waals surface area contributed by atoms with Gasteiger partial charge in [-0.3, -0.25) is 0 Å². The number of nitrogens with one attached hydrogen (secondary N) is 1. The van der Waals surface area contributed by atoms with Crippen LogP contribution in [0, 0.1) is 5.82 Å². The third-order valence-electron chi connectivity index (χ3n) is 4.08. The van der Waals surface area contributed by atoms with Crippen molar-refractivity contribution in [2.24, 2.45) is 0 Å². The van der Waals surface area contributed by atoms with E-state index in [4.69, 9.17) is 23.8 Å². The minimum atomic E-state index is -3.50. The molecule has 0 unspecified atom stereocenters. The fourth-order valence-corrected chi connectivity index (χ4v) is 4.57. The zero-order valence-corrected chi connectivity index (χ0v) is 16.1. The van der Waals surface area contributed by atoms with Crippen LogP contribution in [0.15, 0.2) is 53.4 Å². The van der Waals surface area contributed by atoms with Crippen molar-refractivity contribution in [2.45, 2.75) is 4.90 Å². The minimum Gasteiger partial charge on any atom is -0.346 e. The number of halogens is 2. The number of hydrogen-bond donors (Lipinski definition) is 1. The molecule has 0 saturated carbocycles. The van der Waals surface area contributed by atoms with Gasteiger partial charge in [0, 0.05) is 31.9 Å².